The lowest BCUT2D eigenvalue weighted by atomic mass is 10.4. The molecular weight excluding hydrogens is 276 g/mol. The van der Waals surface area contributed by atoms with Crippen LogP contribution in [0.5, 0.6) is 0 Å². The van der Waals surface area contributed by atoms with Crippen molar-refractivity contribution in [2.24, 2.45) is 0 Å². The molecule has 0 fully saturated rings. The number of carboxylic acid groups (broad SMARTS) is 3. The highest BCUT2D eigenvalue weighted by atomic mass is 16.7. The summed E-state index contributed by atoms with van der Waals surface area (Å²) in [6.45, 7) is -0.763. The minimum absolute atomic E-state index is 0.0842. The van der Waals surface area contributed by atoms with Gasteiger partial charge in [-0.3, -0.25) is 24.1 Å². The molecule has 0 radical (unpaired) electrons. The summed E-state index contributed by atoms with van der Waals surface area (Å²) in [4.78, 5) is 48.1. The predicted molar refractivity (Wildman–Crippen MR) is 62.7 cm³/mol. The van der Waals surface area contributed by atoms with Crippen LogP contribution in [0, 0.1) is 0 Å². The van der Waals surface area contributed by atoms with E-state index in [2.05, 4.69) is 4.84 Å². The Hall–Kier alpha value is -2.20. The Morgan fingerprint density at radius 1 is 0.850 bits per heavy atom. The third-order valence-corrected chi connectivity index (χ3v) is 1.95. The molecule has 10 heteroatoms. The van der Waals surface area contributed by atoms with Crippen LogP contribution in [0.1, 0.15) is 6.92 Å². The average molecular weight is 292 g/mol. The number of carbonyl (C=O) groups excluding carboxylic acids is 1. The molecular formula is C10H16N2O8. The number of hydrogen-bond acceptors (Lipinski definition) is 7. The smallest absolute Gasteiger partial charge is 0.322 e. The second-order valence-electron chi connectivity index (χ2n) is 3.84. The minimum atomic E-state index is -1.24. The van der Waals surface area contributed by atoms with Crippen molar-refractivity contribution < 1.29 is 39.3 Å². The molecule has 0 bridgehead atoms. The lowest BCUT2D eigenvalue weighted by Gasteiger charge is -2.23. The maximum atomic E-state index is 10.8. The summed E-state index contributed by atoms with van der Waals surface area (Å²) in [7, 11) is 0. The van der Waals surface area contributed by atoms with Crippen molar-refractivity contribution in [1.29, 1.82) is 0 Å². The normalized spacial score (nSPS) is 10.6. The van der Waals surface area contributed by atoms with Gasteiger partial charge in [0, 0.05) is 20.0 Å². The van der Waals surface area contributed by atoms with Gasteiger partial charge in [0.2, 0.25) is 0 Å². The number of carbonyl (C=O) groups is 4. The van der Waals surface area contributed by atoms with Crippen LogP contribution in [-0.4, -0.2) is 81.9 Å². The summed E-state index contributed by atoms with van der Waals surface area (Å²) >= 11 is 0. The molecule has 20 heavy (non-hydrogen) atoms. The fourth-order valence-electron chi connectivity index (χ4n) is 1.34. The summed E-state index contributed by atoms with van der Waals surface area (Å²) in [6, 6.07) is 0. The van der Waals surface area contributed by atoms with Crippen molar-refractivity contribution >= 4 is 23.9 Å². The third kappa shape index (κ3) is 9.79. The Bertz CT molecular complexity index is 315. The number of carboxylic acids is 3. The van der Waals surface area contributed by atoms with E-state index in [1.165, 1.54) is 0 Å². The number of aliphatic carboxylic acids is 3. The molecule has 0 aliphatic heterocycles. The molecule has 0 atom stereocenters. The molecule has 0 aromatic rings. The van der Waals surface area contributed by atoms with E-state index in [9.17, 15) is 19.2 Å². The maximum Gasteiger partial charge on any atom is 0.322 e. The molecule has 3 N–H and O–H groups in total. The number of nitrogens with zero attached hydrogens (tertiary/aromatic N) is 2. The standard InChI is InChI=1S/C10H16N2O8/c1-7(13)20-12(6-10(18)19)3-2-11(4-8(14)15)5-9(16)17/h2-6H2,1H3,(H,14,15)(H,16,17)(H,18,19). The van der Waals surface area contributed by atoms with E-state index in [4.69, 9.17) is 15.3 Å². The molecule has 0 rings (SSSR count). The van der Waals surface area contributed by atoms with Crippen LogP contribution in [0.3, 0.4) is 0 Å². The molecule has 0 amide bonds. The molecule has 0 aliphatic carbocycles. The van der Waals surface area contributed by atoms with E-state index in [1.54, 1.807) is 0 Å². The Balaban J connectivity index is 4.49. The second-order valence-corrected chi connectivity index (χ2v) is 3.84. The summed E-state index contributed by atoms with van der Waals surface area (Å²) in [6.07, 6.45) is 0. The van der Waals surface area contributed by atoms with Crippen molar-refractivity contribution in [2.75, 3.05) is 32.7 Å². The van der Waals surface area contributed by atoms with Gasteiger partial charge >= 0.3 is 23.9 Å². The first-order valence-electron chi connectivity index (χ1n) is 5.52. The van der Waals surface area contributed by atoms with Gasteiger partial charge in [-0.1, -0.05) is 0 Å². The fraction of sp³-hybridized carbons (Fsp3) is 0.600. The Labute approximate surface area is 114 Å². The Kier molecular flexibility index (Phi) is 7.85. The molecule has 0 saturated heterocycles. The van der Waals surface area contributed by atoms with Crippen LogP contribution in [-0.2, 0) is 24.0 Å². The first-order valence-corrected chi connectivity index (χ1v) is 5.52. The zero-order chi connectivity index (χ0) is 15.7. The van der Waals surface area contributed by atoms with E-state index in [1.807, 2.05) is 0 Å². The molecule has 0 aromatic heterocycles. The van der Waals surface area contributed by atoms with E-state index in [0.29, 0.717) is 0 Å². The van der Waals surface area contributed by atoms with Crippen LogP contribution in [0.2, 0.25) is 0 Å². The zero-order valence-electron chi connectivity index (χ0n) is 10.8. The minimum Gasteiger partial charge on any atom is -0.480 e. The van der Waals surface area contributed by atoms with Gasteiger partial charge in [0.15, 0.2) is 0 Å². The van der Waals surface area contributed by atoms with Crippen molar-refractivity contribution in [3.05, 3.63) is 0 Å². The molecule has 0 aromatic carbocycles. The molecule has 0 unspecified atom stereocenters. The largest absolute Gasteiger partial charge is 0.480 e. The van der Waals surface area contributed by atoms with Crippen molar-refractivity contribution in [3.8, 4) is 0 Å². The Morgan fingerprint density at radius 3 is 1.65 bits per heavy atom. The molecule has 114 valence electrons. The maximum absolute atomic E-state index is 10.8. The van der Waals surface area contributed by atoms with E-state index < -0.39 is 43.5 Å². The van der Waals surface area contributed by atoms with Crippen LogP contribution in [0.15, 0.2) is 0 Å². The summed E-state index contributed by atoms with van der Waals surface area (Å²) in [5, 5.41) is 26.7. The van der Waals surface area contributed by atoms with Gasteiger partial charge in [-0.05, 0) is 0 Å². The predicted octanol–water partition coefficient (Wildman–Crippen LogP) is -1.68. The highest BCUT2D eigenvalue weighted by Gasteiger charge is 2.18. The highest BCUT2D eigenvalue weighted by Crippen LogP contribution is 1.95. The fourth-order valence-corrected chi connectivity index (χ4v) is 1.34. The van der Waals surface area contributed by atoms with Gasteiger partial charge < -0.3 is 20.2 Å². The Morgan fingerprint density at radius 2 is 1.30 bits per heavy atom. The van der Waals surface area contributed by atoms with Gasteiger partial charge in [-0.15, -0.1) is 5.06 Å². The first-order chi connectivity index (χ1) is 9.20. The lowest BCUT2D eigenvalue weighted by Crippen LogP contribution is -2.42. The topological polar surface area (TPSA) is 145 Å². The molecule has 0 spiro atoms. The number of rotatable bonds is 10. The van der Waals surface area contributed by atoms with Gasteiger partial charge in [0.1, 0.15) is 6.54 Å². The molecule has 10 nitrogen and oxygen atoms in total. The summed E-state index contributed by atoms with van der Waals surface area (Å²) in [5.74, 6) is -4.41. The van der Waals surface area contributed by atoms with Crippen molar-refractivity contribution in [2.45, 2.75) is 6.92 Å². The monoisotopic (exact) mass is 292 g/mol. The second kappa shape index (κ2) is 8.82. The quantitative estimate of drug-likeness (QED) is 0.399. The van der Waals surface area contributed by atoms with E-state index in [0.717, 1.165) is 16.9 Å². The molecule has 0 aliphatic rings. The first kappa shape index (κ1) is 17.8. The van der Waals surface area contributed by atoms with Crippen LogP contribution < -0.4 is 0 Å². The lowest BCUT2D eigenvalue weighted by molar-refractivity contribution is -0.192. The van der Waals surface area contributed by atoms with Crippen LogP contribution >= 0.6 is 0 Å². The SMILES string of the molecule is CC(=O)ON(CCN(CC(=O)O)CC(=O)O)CC(=O)O. The third-order valence-electron chi connectivity index (χ3n) is 1.95. The van der Waals surface area contributed by atoms with Gasteiger partial charge in [-0.2, -0.15) is 0 Å². The van der Waals surface area contributed by atoms with E-state index in [-0.39, 0.29) is 13.1 Å². The van der Waals surface area contributed by atoms with Crippen molar-refractivity contribution in [3.63, 3.8) is 0 Å². The molecule has 0 heterocycles. The van der Waals surface area contributed by atoms with E-state index >= 15 is 0 Å². The van der Waals surface area contributed by atoms with Gasteiger partial charge in [-0.25, -0.2) is 0 Å². The average Bonchev–Trinajstić information content (AvgIpc) is 2.22. The summed E-state index contributed by atoms with van der Waals surface area (Å²) < 4.78 is 0. The van der Waals surface area contributed by atoms with Gasteiger partial charge in [0.25, 0.3) is 0 Å². The zero-order valence-corrected chi connectivity index (χ0v) is 10.8. The van der Waals surface area contributed by atoms with Gasteiger partial charge in [0.05, 0.1) is 13.1 Å². The van der Waals surface area contributed by atoms with Crippen LogP contribution in [0.25, 0.3) is 0 Å². The summed E-state index contributed by atoms with van der Waals surface area (Å²) in [5.41, 5.74) is 0. The number of hydrogen-bond donors (Lipinski definition) is 3. The van der Waals surface area contributed by atoms with Crippen LogP contribution in [0.4, 0.5) is 0 Å². The number of hydroxylamine groups is 2. The highest BCUT2D eigenvalue weighted by molar-refractivity contribution is 5.72. The van der Waals surface area contributed by atoms with Crippen molar-refractivity contribution in [1.82, 2.24) is 9.96 Å². The molecule has 0 saturated carbocycles.